The molecule has 4 rings (SSSR count). The van der Waals surface area contributed by atoms with Crippen molar-refractivity contribution in [3.05, 3.63) is 59.0 Å². The zero-order valence-corrected chi connectivity index (χ0v) is 17.4. The molecule has 3 heterocycles. The highest BCUT2D eigenvalue weighted by Gasteiger charge is 2.43. The lowest BCUT2D eigenvalue weighted by Gasteiger charge is -2.21. The SMILES string of the molecule is CC1(C)OC(=O)C(Oc2csc3cc(F)cnc23)=C1c1ccc(S(C)(=O)=O)cc1. The molecule has 6 nitrogen and oxygen atoms in total. The number of benzene rings is 1. The zero-order valence-electron chi connectivity index (χ0n) is 15.7. The maximum atomic E-state index is 13.4. The fourth-order valence-corrected chi connectivity index (χ4v) is 4.67. The maximum absolute atomic E-state index is 13.4. The van der Waals surface area contributed by atoms with Crippen LogP contribution in [0.2, 0.25) is 0 Å². The quantitative estimate of drug-likeness (QED) is 0.579. The molecule has 0 radical (unpaired) electrons. The number of ether oxygens (including phenoxy) is 2. The highest BCUT2D eigenvalue weighted by Crippen LogP contribution is 2.42. The molecule has 0 aliphatic carbocycles. The van der Waals surface area contributed by atoms with Gasteiger partial charge in [-0.15, -0.1) is 11.3 Å². The van der Waals surface area contributed by atoms with Gasteiger partial charge in [-0.2, -0.15) is 0 Å². The third-order valence-electron chi connectivity index (χ3n) is 4.49. The molecular formula is C20H16FNO5S2. The molecule has 0 spiro atoms. The number of thiophene rings is 1. The summed E-state index contributed by atoms with van der Waals surface area (Å²) in [5, 5.41) is 1.65. The van der Waals surface area contributed by atoms with Crippen molar-refractivity contribution in [2.75, 3.05) is 6.26 Å². The molecule has 0 saturated heterocycles. The van der Waals surface area contributed by atoms with Crippen LogP contribution in [-0.2, 0) is 19.4 Å². The van der Waals surface area contributed by atoms with Crippen molar-refractivity contribution < 1.29 is 27.1 Å². The zero-order chi connectivity index (χ0) is 21.0. The second-order valence-electron chi connectivity index (χ2n) is 7.10. The summed E-state index contributed by atoms with van der Waals surface area (Å²) < 4.78 is 48.8. The van der Waals surface area contributed by atoms with Crippen molar-refractivity contribution in [1.82, 2.24) is 4.98 Å². The van der Waals surface area contributed by atoms with Gasteiger partial charge >= 0.3 is 5.97 Å². The van der Waals surface area contributed by atoms with E-state index in [-0.39, 0.29) is 10.7 Å². The van der Waals surface area contributed by atoms with Gasteiger partial charge in [0.15, 0.2) is 15.6 Å². The number of cyclic esters (lactones) is 1. The van der Waals surface area contributed by atoms with E-state index in [2.05, 4.69) is 4.98 Å². The Morgan fingerprint density at radius 3 is 2.55 bits per heavy atom. The number of sulfone groups is 1. The molecule has 1 aromatic carbocycles. The minimum absolute atomic E-state index is 0.00655. The van der Waals surface area contributed by atoms with Gasteiger partial charge in [-0.3, -0.25) is 0 Å². The van der Waals surface area contributed by atoms with Crippen LogP contribution < -0.4 is 4.74 Å². The number of pyridine rings is 1. The summed E-state index contributed by atoms with van der Waals surface area (Å²) in [5.74, 6) is -0.787. The third kappa shape index (κ3) is 3.51. The number of rotatable bonds is 4. The molecular weight excluding hydrogens is 417 g/mol. The molecule has 0 fully saturated rings. The number of aromatic nitrogens is 1. The van der Waals surface area contributed by atoms with Gasteiger partial charge in [0.2, 0.25) is 5.76 Å². The van der Waals surface area contributed by atoms with E-state index in [0.717, 1.165) is 12.5 Å². The van der Waals surface area contributed by atoms with Gasteiger partial charge in [0.1, 0.15) is 16.9 Å². The smallest absolute Gasteiger partial charge is 0.375 e. The molecule has 3 aromatic rings. The van der Waals surface area contributed by atoms with Gasteiger partial charge in [-0.25, -0.2) is 22.6 Å². The predicted molar refractivity (Wildman–Crippen MR) is 107 cm³/mol. The number of esters is 1. The van der Waals surface area contributed by atoms with Crippen LogP contribution in [0.5, 0.6) is 5.75 Å². The van der Waals surface area contributed by atoms with E-state index in [4.69, 9.17) is 9.47 Å². The first-order valence-electron chi connectivity index (χ1n) is 8.55. The first-order chi connectivity index (χ1) is 13.6. The molecule has 0 amide bonds. The predicted octanol–water partition coefficient (Wildman–Crippen LogP) is 3.96. The van der Waals surface area contributed by atoms with E-state index in [1.54, 1.807) is 31.4 Å². The molecule has 0 saturated carbocycles. The van der Waals surface area contributed by atoms with Gasteiger partial charge in [0, 0.05) is 11.6 Å². The van der Waals surface area contributed by atoms with Crippen LogP contribution in [0.4, 0.5) is 4.39 Å². The first kappa shape index (κ1) is 19.5. The van der Waals surface area contributed by atoms with Gasteiger partial charge in [-0.1, -0.05) is 12.1 Å². The van der Waals surface area contributed by atoms with Crippen LogP contribution >= 0.6 is 11.3 Å². The van der Waals surface area contributed by atoms with E-state index in [0.29, 0.717) is 27.1 Å². The Kier molecular flexibility index (Phi) is 4.47. The Morgan fingerprint density at radius 1 is 1.21 bits per heavy atom. The van der Waals surface area contributed by atoms with Crippen molar-refractivity contribution in [3.8, 4) is 5.75 Å². The lowest BCUT2D eigenvalue weighted by molar-refractivity contribution is -0.145. The second-order valence-corrected chi connectivity index (χ2v) is 10.0. The molecule has 9 heteroatoms. The molecule has 29 heavy (non-hydrogen) atoms. The maximum Gasteiger partial charge on any atom is 0.375 e. The molecule has 1 aliphatic rings. The monoisotopic (exact) mass is 433 g/mol. The van der Waals surface area contributed by atoms with E-state index < -0.39 is 27.2 Å². The third-order valence-corrected chi connectivity index (χ3v) is 6.52. The molecule has 0 bridgehead atoms. The number of hydrogen-bond donors (Lipinski definition) is 0. The topological polar surface area (TPSA) is 82.6 Å². The Labute approximate surface area is 170 Å². The lowest BCUT2D eigenvalue weighted by atomic mass is 9.92. The van der Waals surface area contributed by atoms with Gasteiger partial charge in [-0.05, 0) is 37.6 Å². The fraction of sp³-hybridized carbons (Fsp3) is 0.200. The van der Waals surface area contributed by atoms with Crippen LogP contribution in [0.1, 0.15) is 19.4 Å². The Morgan fingerprint density at radius 2 is 1.90 bits per heavy atom. The summed E-state index contributed by atoms with van der Waals surface area (Å²) in [6.07, 6.45) is 2.21. The molecule has 0 atom stereocenters. The van der Waals surface area contributed by atoms with Crippen molar-refractivity contribution >= 4 is 42.9 Å². The number of hydrogen-bond acceptors (Lipinski definition) is 7. The molecule has 0 unspecified atom stereocenters. The van der Waals surface area contributed by atoms with Crippen LogP contribution in [0.25, 0.3) is 15.8 Å². The number of carbonyl (C=O) groups excluding carboxylic acids is 1. The average molecular weight is 433 g/mol. The molecule has 0 N–H and O–H groups in total. The Balaban J connectivity index is 1.82. The molecule has 2 aromatic heterocycles. The van der Waals surface area contributed by atoms with Gasteiger partial charge < -0.3 is 9.47 Å². The fourth-order valence-electron chi connectivity index (χ4n) is 3.20. The first-order valence-corrected chi connectivity index (χ1v) is 11.3. The van der Waals surface area contributed by atoms with Gasteiger partial charge in [0.25, 0.3) is 0 Å². The summed E-state index contributed by atoms with van der Waals surface area (Å²) in [6.45, 7) is 3.45. The van der Waals surface area contributed by atoms with E-state index in [1.165, 1.54) is 29.5 Å². The van der Waals surface area contributed by atoms with Crippen molar-refractivity contribution in [3.63, 3.8) is 0 Å². The summed E-state index contributed by atoms with van der Waals surface area (Å²) in [7, 11) is -3.35. The van der Waals surface area contributed by atoms with Crippen LogP contribution in [0.3, 0.4) is 0 Å². The van der Waals surface area contributed by atoms with Crippen molar-refractivity contribution in [2.45, 2.75) is 24.3 Å². The standard InChI is InChI=1S/C20H16FNO5S2/c1-20(2)16(11-4-6-13(7-5-11)29(3,24)25)18(19(23)27-20)26-14-10-28-15-8-12(21)9-22-17(14)15/h4-10H,1-3H3. The second kappa shape index (κ2) is 6.64. The van der Waals surface area contributed by atoms with Crippen LogP contribution in [0, 0.1) is 5.82 Å². The Hall–Kier alpha value is -2.78. The summed E-state index contributed by atoms with van der Waals surface area (Å²) in [6, 6.07) is 7.50. The van der Waals surface area contributed by atoms with Crippen LogP contribution in [-0.4, -0.2) is 31.2 Å². The van der Waals surface area contributed by atoms with Gasteiger partial charge in [0.05, 0.1) is 21.4 Å². The highest BCUT2D eigenvalue weighted by molar-refractivity contribution is 7.90. The normalized spacial score (nSPS) is 16.3. The highest BCUT2D eigenvalue weighted by atomic mass is 32.2. The summed E-state index contributed by atoms with van der Waals surface area (Å²) in [5.41, 5.74) is 0.545. The van der Waals surface area contributed by atoms with E-state index >= 15 is 0 Å². The lowest BCUT2D eigenvalue weighted by Crippen LogP contribution is -2.22. The molecule has 1 aliphatic heterocycles. The minimum Gasteiger partial charge on any atom is -0.449 e. The number of fused-ring (bicyclic) bond motifs is 1. The number of halogens is 1. The number of nitrogens with zero attached hydrogens (tertiary/aromatic N) is 1. The summed E-state index contributed by atoms with van der Waals surface area (Å²) in [4.78, 5) is 16.8. The average Bonchev–Trinajstić information content (AvgIpc) is 3.11. The van der Waals surface area contributed by atoms with Crippen molar-refractivity contribution in [1.29, 1.82) is 0 Å². The van der Waals surface area contributed by atoms with Crippen LogP contribution in [0.15, 0.2) is 52.6 Å². The van der Waals surface area contributed by atoms with E-state index in [9.17, 15) is 17.6 Å². The number of carbonyl (C=O) groups is 1. The minimum atomic E-state index is -3.35. The Bertz CT molecular complexity index is 1270. The summed E-state index contributed by atoms with van der Waals surface area (Å²) >= 11 is 1.25. The largest absolute Gasteiger partial charge is 0.449 e. The molecule has 150 valence electrons. The van der Waals surface area contributed by atoms with E-state index in [1.807, 2.05) is 0 Å². The van der Waals surface area contributed by atoms with Crippen molar-refractivity contribution in [2.24, 2.45) is 0 Å².